The third-order valence-corrected chi connectivity index (χ3v) is 8.69. The van der Waals surface area contributed by atoms with Gasteiger partial charge in [-0.05, 0) is 87.1 Å². The van der Waals surface area contributed by atoms with Gasteiger partial charge in [0.05, 0.1) is 16.0 Å². The van der Waals surface area contributed by atoms with Crippen LogP contribution >= 0.6 is 11.8 Å². The minimum Gasteiger partial charge on any atom is -0.427 e. The molecule has 1 aromatic heterocycles. The van der Waals surface area contributed by atoms with E-state index in [4.69, 9.17) is 9.47 Å². The third-order valence-electron chi connectivity index (χ3n) is 7.41. The Hall–Kier alpha value is -4.36. The lowest BCUT2D eigenvalue weighted by Crippen LogP contribution is -2.43. The fraction of sp³-hybridized carbons (Fsp3) is 0.387. The Morgan fingerprint density at radius 3 is 2.39 bits per heavy atom. The molecular formula is C31H35N7O5S. The van der Waals surface area contributed by atoms with Crippen LogP contribution in [0, 0.1) is 5.41 Å². The van der Waals surface area contributed by atoms with Gasteiger partial charge in [0, 0.05) is 16.7 Å². The van der Waals surface area contributed by atoms with E-state index < -0.39 is 34.9 Å². The number of hydrogen-bond donors (Lipinski definition) is 2. The van der Waals surface area contributed by atoms with Crippen LogP contribution in [0.3, 0.4) is 0 Å². The summed E-state index contributed by atoms with van der Waals surface area (Å²) in [6.07, 6.45) is 2.21. The molecule has 13 heteroatoms. The molecule has 2 heterocycles. The second kappa shape index (κ2) is 12.7. The van der Waals surface area contributed by atoms with Gasteiger partial charge in [0.2, 0.25) is 6.79 Å². The number of ether oxygens (including phenoxy) is 2. The first-order valence-electron chi connectivity index (χ1n) is 14.4. The number of nitrogens with one attached hydrogen (secondary N) is 2. The molecule has 2 aliphatic rings. The molecule has 0 spiro atoms. The highest BCUT2D eigenvalue weighted by molar-refractivity contribution is 8.15. The smallest absolute Gasteiger partial charge is 0.337 e. The number of carbonyl (C=O) groups is 3. The molecule has 44 heavy (non-hydrogen) atoms. The van der Waals surface area contributed by atoms with Crippen molar-refractivity contribution < 1.29 is 23.9 Å². The van der Waals surface area contributed by atoms with Crippen LogP contribution < -0.4 is 10.4 Å². The first-order valence-corrected chi connectivity index (χ1v) is 15.2. The number of aromatic nitrogens is 4. The van der Waals surface area contributed by atoms with E-state index in [0.717, 1.165) is 28.8 Å². The van der Waals surface area contributed by atoms with Crippen molar-refractivity contribution in [1.82, 2.24) is 26.0 Å². The van der Waals surface area contributed by atoms with Crippen LogP contribution in [0.4, 0.5) is 5.69 Å². The molecule has 1 saturated heterocycles. The first kappa shape index (κ1) is 31.1. The number of tetrazole rings is 1. The number of thioether (sulfide) groups is 1. The fourth-order valence-corrected chi connectivity index (χ4v) is 5.81. The Labute approximate surface area is 259 Å². The van der Waals surface area contributed by atoms with E-state index in [0.29, 0.717) is 35.8 Å². The van der Waals surface area contributed by atoms with Gasteiger partial charge < -0.3 is 9.47 Å². The number of amidine groups is 1. The molecule has 2 aromatic carbocycles. The van der Waals surface area contributed by atoms with Crippen LogP contribution in [0.15, 0.2) is 64.7 Å². The van der Waals surface area contributed by atoms with E-state index in [9.17, 15) is 14.4 Å². The lowest BCUT2D eigenvalue weighted by molar-refractivity contribution is -0.171. The van der Waals surface area contributed by atoms with Crippen molar-refractivity contribution in [3.05, 3.63) is 59.7 Å². The molecule has 1 aliphatic carbocycles. The number of esters is 2. The highest BCUT2D eigenvalue weighted by Crippen LogP contribution is 2.39. The zero-order chi connectivity index (χ0) is 31.5. The molecule has 1 aliphatic heterocycles. The Balaban J connectivity index is 1.37. The van der Waals surface area contributed by atoms with E-state index >= 15 is 0 Å². The maximum Gasteiger partial charge on any atom is 0.337 e. The number of rotatable bonds is 8. The summed E-state index contributed by atoms with van der Waals surface area (Å²) >= 11 is 1.45. The normalized spacial score (nSPS) is 19.5. The Kier molecular flexibility index (Phi) is 8.97. The summed E-state index contributed by atoms with van der Waals surface area (Å²) in [5.74, 6) is -1.06. The Bertz CT molecular complexity index is 1610. The summed E-state index contributed by atoms with van der Waals surface area (Å²) in [7, 11) is 0. The largest absolute Gasteiger partial charge is 0.427 e. The van der Waals surface area contributed by atoms with Gasteiger partial charge in [-0.2, -0.15) is 4.99 Å². The van der Waals surface area contributed by atoms with E-state index in [1.165, 1.54) is 11.8 Å². The number of anilines is 1. The number of benzene rings is 2. The van der Waals surface area contributed by atoms with Gasteiger partial charge >= 0.3 is 11.9 Å². The van der Waals surface area contributed by atoms with Gasteiger partial charge in [0.25, 0.3) is 5.91 Å². The number of nitrogens with zero attached hydrogens (tertiary/aromatic N) is 5. The molecule has 1 atom stereocenters. The zero-order valence-electron chi connectivity index (χ0n) is 25.3. The van der Waals surface area contributed by atoms with Crippen LogP contribution in [0.2, 0.25) is 0 Å². The highest BCUT2D eigenvalue weighted by Gasteiger charge is 2.39. The SMILES string of the molecule is CCC1(C)NN(c2ccc(-c3ccccc3-c3nnn[nH]3)cc2)C(=NC(=O)C2=C(C(=O)OCOC(=O)C(C)(C)C)CCC2)S1. The molecule has 0 saturated carbocycles. The van der Waals surface area contributed by atoms with E-state index in [1.807, 2.05) is 60.5 Å². The number of hydrazine groups is 1. The molecule has 1 fully saturated rings. The van der Waals surface area contributed by atoms with Crippen LogP contribution in [0.5, 0.6) is 0 Å². The van der Waals surface area contributed by atoms with E-state index in [-0.39, 0.29) is 5.57 Å². The number of H-pyrrole nitrogens is 1. The lowest BCUT2D eigenvalue weighted by Gasteiger charge is -2.24. The quantitative estimate of drug-likeness (QED) is 0.254. The molecule has 0 bridgehead atoms. The highest BCUT2D eigenvalue weighted by atomic mass is 32.2. The average Bonchev–Trinajstić information content (AvgIpc) is 3.78. The predicted octanol–water partition coefficient (Wildman–Crippen LogP) is 5.17. The molecule has 3 aromatic rings. The van der Waals surface area contributed by atoms with Gasteiger partial charge in [0.15, 0.2) is 11.0 Å². The minimum absolute atomic E-state index is 0.275. The van der Waals surface area contributed by atoms with Crippen LogP contribution in [-0.2, 0) is 23.9 Å². The van der Waals surface area contributed by atoms with Gasteiger partial charge in [-0.25, -0.2) is 15.3 Å². The summed E-state index contributed by atoms with van der Waals surface area (Å²) in [6, 6.07) is 15.7. The van der Waals surface area contributed by atoms with Crippen molar-refractivity contribution in [3.8, 4) is 22.5 Å². The molecule has 5 rings (SSSR count). The zero-order valence-corrected chi connectivity index (χ0v) is 26.2. The molecule has 1 amide bonds. The topological polar surface area (TPSA) is 152 Å². The second-order valence-corrected chi connectivity index (χ2v) is 13.2. The summed E-state index contributed by atoms with van der Waals surface area (Å²) in [4.78, 5) is 42.4. The maximum atomic E-state index is 13.5. The summed E-state index contributed by atoms with van der Waals surface area (Å²) in [5, 5.41) is 16.6. The number of hydrogen-bond acceptors (Lipinski definition) is 10. The van der Waals surface area contributed by atoms with Gasteiger partial charge in [-0.15, -0.1) is 5.10 Å². The number of amides is 1. The van der Waals surface area contributed by atoms with Crippen molar-refractivity contribution in [2.75, 3.05) is 11.8 Å². The Morgan fingerprint density at radius 2 is 1.73 bits per heavy atom. The molecule has 12 nitrogen and oxygen atoms in total. The molecule has 2 N–H and O–H groups in total. The Morgan fingerprint density at radius 1 is 1.02 bits per heavy atom. The lowest BCUT2D eigenvalue weighted by atomic mass is 9.98. The summed E-state index contributed by atoms with van der Waals surface area (Å²) in [5.41, 5.74) is 6.96. The minimum atomic E-state index is -0.720. The van der Waals surface area contributed by atoms with Gasteiger partial charge in [0.1, 0.15) is 0 Å². The van der Waals surface area contributed by atoms with Crippen molar-refractivity contribution in [1.29, 1.82) is 0 Å². The monoisotopic (exact) mass is 617 g/mol. The van der Waals surface area contributed by atoms with Crippen LogP contribution in [-0.4, -0.2) is 55.3 Å². The number of carbonyl (C=O) groups excluding carboxylic acids is 3. The summed E-state index contributed by atoms with van der Waals surface area (Å²) in [6.45, 7) is 8.72. The fourth-order valence-electron chi connectivity index (χ4n) is 4.76. The maximum absolute atomic E-state index is 13.5. The van der Waals surface area contributed by atoms with Crippen molar-refractivity contribution in [3.63, 3.8) is 0 Å². The van der Waals surface area contributed by atoms with E-state index in [2.05, 4.69) is 38.0 Å². The van der Waals surface area contributed by atoms with Gasteiger partial charge in [-0.3, -0.25) is 14.6 Å². The van der Waals surface area contributed by atoms with Crippen molar-refractivity contribution in [2.24, 2.45) is 10.4 Å². The second-order valence-electron chi connectivity index (χ2n) is 11.7. The third kappa shape index (κ3) is 6.73. The van der Waals surface area contributed by atoms with Crippen molar-refractivity contribution in [2.45, 2.75) is 65.2 Å². The number of aliphatic imine (C=N–C) groups is 1. The average molecular weight is 618 g/mol. The number of aromatic amines is 1. The molecular weight excluding hydrogens is 582 g/mol. The first-order chi connectivity index (χ1) is 21.0. The standard InChI is InChI=1S/C31H35N7O5S/c1-6-31(5)35-38(20-16-14-19(15-17-20)21-10-7-8-11-22(21)25-33-36-37-34-25)29(44-31)32-26(39)23-12-9-13-24(23)27(40)42-18-43-28(41)30(2,3)4/h7-8,10-11,14-17,35H,6,9,12-13,18H2,1-5H3,(H,33,34,36,37). The molecule has 230 valence electrons. The predicted molar refractivity (Wildman–Crippen MR) is 167 cm³/mol. The molecule has 1 unspecified atom stereocenters. The molecule has 0 radical (unpaired) electrons. The van der Waals surface area contributed by atoms with Crippen LogP contribution in [0.25, 0.3) is 22.5 Å². The van der Waals surface area contributed by atoms with Gasteiger partial charge in [-0.1, -0.05) is 55.1 Å². The van der Waals surface area contributed by atoms with Crippen molar-refractivity contribution >= 4 is 40.5 Å². The van der Waals surface area contributed by atoms with E-state index in [1.54, 1.807) is 20.8 Å². The van der Waals surface area contributed by atoms with Crippen LogP contribution in [0.1, 0.15) is 60.3 Å². The summed E-state index contributed by atoms with van der Waals surface area (Å²) < 4.78 is 10.2.